The standard InChI is InChI=1S/C18H29NO2/c1-14-8-5-6-9-16(14)15(2)12-17(21)19-11-7-10-18(3,4)13-20/h5-6,8-9,15,20H,7,10-13H2,1-4H3,(H,19,21). The van der Waals surface area contributed by atoms with Gasteiger partial charge in [0.1, 0.15) is 0 Å². The average Bonchev–Trinajstić information content (AvgIpc) is 2.44. The molecule has 0 radical (unpaired) electrons. The van der Waals surface area contributed by atoms with Crippen LogP contribution in [0.4, 0.5) is 0 Å². The zero-order valence-electron chi connectivity index (χ0n) is 13.8. The van der Waals surface area contributed by atoms with E-state index in [9.17, 15) is 9.90 Å². The zero-order chi connectivity index (χ0) is 15.9. The molecule has 3 heteroatoms. The first-order valence-corrected chi connectivity index (χ1v) is 7.79. The van der Waals surface area contributed by atoms with Crippen molar-refractivity contribution in [3.05, 3.63) is 35.4 Å². The van der Waals surface area contributed by atoms with E-state index >= 15 is 0 Å². The molecule has 21 heavy (non-hydrogen) atoms. The van der Waals surface area contributed by atoms with Gasteiger partial charge in [-0.25, -0.2) is 0 Å². The Morgan fingerprint density at radius 3 is 2.62 bits per heavy atom. The van der Waals surface area contributed by atoms with Gasteiger partial charge in [0, 0.05) is 19.6 Å². The third-order valence-electron chi connectivity index (χ3n) is 3.99. The van der Waals surface area contributed by atoms with Gasteiger partial charge in [-0.1, -0.05) is 45.0 Å². The maximum absolute atomic E-state index is 12.0. The van der Waals surface area contributed by atoms with Crippen molar-refractivity contribution >= 4 is 5.91 Å². The molecular formula is C18H29NO2. The molecule has 0 aromatic heterocycles. The Balaban J connectivity index is 2.33. The molecule has 1 atom stereocenters. The van der Waals surface area contributed by atoms with E-state index in [1.54, 1.807) is 0 Å². The van der Waals surface area contributed by atoms with Gasteiger partial charge < -0.3 is 10.4 Å². The summed E-state index contributed by atoms with van der Waals surface area (Å²) in [7, 11) is 0. The van der Waals surface area contributed by atoms with Crippen LogP contribution in [0.25, 0.3) is 0 Å². The minimum Gasteiger partial charge on any atom is -0.396 e. The van der Waals surface area contributed by atoms with Gasteiger partial charge in [-0.3, -0.25) is 4.79 Å². The number of aliphatic hydroxyl groups excluding tert-OH is 1. The number of aliphatic hydroxyl groups is 1. The molecule has 0 fully saturated rings. The molecule has 1 unspecified atom stereocenters. The van der Waals surface area contributed by atoms with Crippen molar-refractivity contribution in [3.63, 3.8) is 0 Å². The molecule has 0 aliphatic rings. The van der Waals surface area contributed by atoms with Gasteiger partial charge in [0.25, 0.3) is 0 Å². The molecule has 2 N–H and O–H groups in total. The maximum Gasteiger partial charge on any atom is 0.220 e. The number of hydrogen-bond acceptors (Lipinski definition) is 2. The highest BCUT2D eigenvalue weighted by Gasteiger charge is 2.16. The second kappa shape index (κ2) is 8.18. The van der Waals surface area contributed by atoms with Gasteiger partial charge in [0.05, 0.1) is 0 Å². The van der Waals surface area contributed by atoms with Crippen molar-refractivity contribution in [1.82, 2.24) is 5.32 Å². The topological polar surface area (TPSA) is 49.3 Å². The monoisotopic (exact) mass is 291 g/mol. The second-order valence-electron chi connectivity index (χ2n) is 6.74. The first-order chi connectivity index (χ1) is 9.85. The van der Waals surface area contributed by atoms with Gasteiger partial charge in [0.15, 0.2) is 0 Å². The van der Waals surface area contributed by atoms with Crippen LogP contribution in [0.3, 0.4) is 0 Å². The number of aryl methyl sites for hydroxylation is 1. The molecule has 1 aromatic rings. The first kappa shape index (κ1) is 17.7. The fourth-order valence-electron chi connectivity index (χ4n) is 2.47. The van der Waals surface area contributed by atoms with Crippen molar-refractivity contribution in [2.24, 2.45) is 5.41 Å². The highest BCUT2D eigenvalue weighted by molar-refractivity contribution is 5.76. The Bertz CT molecular complexity index is 454. The molecule has 0 aliphatic carbocycles. The van der Waals surface area contributed by atoms with Crippen LogP contribution in [0.2, 0.25) is 0 Å². The number of carbonyl (C=O) groups is 1. The van der Waals surface area contributed by atoms with E-state index in [-0.39, 0.29) is 23.8 Å². The highest BCUT2D eigenvalue weighted by Crippen LogP contribution is 2.22. The van der Waals surface area contributed by atoms with E-state index in [0.717, 1.165) is 12.8 Å². The van der Waals surface area contributed by atoms with Crippen molar-refractivity contribution in [1.29, 1.82) is 0 Å². The zero-order valence-corrected chi connectivity index (χ0v) is 13.8. The van der Waals surface area contributed by atoms with E-state index in [1.807, 2.05) is 26.0 Å². The predicted octanol–water partition coefficient (Wildman–Crippen LogP) is 3.40. The third-order valence-corrected chi connectivity index (χ3v) is 3.99. The molecular weight excluding hydrogens is 262 g/mol. The van der Waals surface area contributed by atoms with Crippen LogP contribution >= 0.6 is 0 Å². The van der Waals surface area contributed by atoms with Crippen molar-refractivity contribution in [3.8, 4) is 0 Å². The van der Waals surface area contributed by atoms with E-state index in [2.05, 4.69) is 31.3 Å². The van der Waals surface area contributed by atoms with Gasteiger partial charge in [-0.05, 0) is 42.2 Å². The van der Waals surface area contributed by atoms with E-state index < -0.39 is 0 Å². The number of amides is 1. The molecule has 0 saturated heterocycles. The Hall–Kier alpha value is -1.35. The summed E-state index contributed by atoms with van der Waals surface area (Å²) < 4.78 is 0. The molecule has 1 aromatic carbocycles. The van der Waals surface area contributed by atoms with E-state index in [1.165, 1.54) is 11.1 Å². The number of benzene rings is 1. The summed E-state index contributed by atoms with van der Waals surface area (Å²) in [4.78, 5) is 12.0. The lowest BCUT2D eigenvalue weighted by molar-refractivity contribution is -0.121. The molecule has 1 amide bonds. The van der Waals surface area contributed by atoms with E-state index in [4.69, 9.17) is 0 Å². The number of hydrogen-bond donors (Lipinski definition) is 2. The molecule has 0 saturated carbocycles. The summed E-state index contributed by atoms with van der Waals surface area (Å²) >= 11 is 0. The minimum atomic E-state index is -0.0564. The van der Waals surface area contributed by atoms with Crippen LogP contribution < -0.4 is 5.32 Å². The molecule has 0 bridgehead atoms. The van der Waals surface area contributed by atoms with E-state index in [0.29, 0.717) is 13.0 Å². The summed E-state index contributed by atoms with van der Waals surface area (Å²) in [6.45, 7) is 9.12. The Morgan fingerprint density at radius 2 is 2.00 bits per heavy atom. The number of rotatable bonds is 8. The smallest absolute Gasteiger partial charge is 0.220 e. The Kier molecular flexibility index (Phi) is 6.90. The van der Waals surface area contributed by atoms with Crippen molar-refractivity contribution in [2.45, 2.75) is 52.9 Å². The normalized spacial score (nSPS) is 13.0. The van der Waals surface area contributed by atoms with Crippen LogP contribution in [-0.2, 0) is 4.79 Å². The lowest BCUT2D eigenvalue weighted by Gasteiger charge is -2.21. The second-order valence-corrected chi connectivity index (χ2v) is 6.74. The fraction of sp³-hybridized carbons (Fsp3) is 0.611. The molecule has 118 valence electrons. The number of carbonyl (C=O) groups excluding carboxylic acids is 1. The minimum absolute atomic E-state index is 0.0564. The predicted molar refractivity (Wildman–Crippen MR) is 87.3 cm³/mol. The van der Waals surface area contributed by atoms with Gasteiger partial charge in [-0.15, -0.1) is 0 Å². The average molecular weight is 291 g/mol. The van der Waals surface area contributed by atoms with Crippen LogP contribution in [0.1, 0.15) is 57.1 Å². The summed E-state index contributed by atoms with van der Waals surface area (Å²) in [5.74, 6) is 0.340. The van der Waals surface area contributed by atoms with Gasteiger partial charge in [-0.2, -0.15) is 0 Å². The Labute approximate surface area is 128 Å². The molecule has 0 aliphatic heterocycles. The van der Waals surface area contributed by atoms with Gasteiger partial charge >= 0.3 is 0 Å². The molecule has 0 spiro atoms. The lowest BCUT2D eigenvalue weighted by atomic mass is 9.89. The van der Waals surface area contributed by atoms with Crippen molar-refractivity contribution < 1.29 is 9.90 Å². The molecule has 1 rings (SSSR count). The summed E-state index contributed by atoms with van der Waals surface area (Å²) in [6, 6.07) is 8.22. The lowest BCUT2D eigenvalue weighted by Crippen LogP contribution is -2.27. The highest BCUT2D eigenvalue weighted by atomic mass is 16.3. The fourth-order valence-corrected chi connectivity index (χ4v) is 2.47. The largest absolute Gasteiger partial charge is 0.396 e. The maximum atomic E-state index is 12.0. The van der Waals surface area contributed by atoms with Gasteiger partial charge in [0.2, 0.25) is 5.91 Å². The Morgan fingerprint density at radius 1 is 1.33 bits per heavy atom. The van der Waals surface area contributed by atoms with Crippen LogP contribution in [0.5, 0.6) is 0 Å². The summed E-state index contributed by atoms with van der Waals surface area (Å²) in [5, 5.41) is 12.2. The van der Waals surface area contributed by atoms with Crippen LogP contribution in [0.15, 0.2) is 24.3 Å². The summed E-state index contributed by atoms with van der Waals surface area (Å²) in [6.07, 6.45) is 2.34. The quantitative estimate of drug-likeness (QED) is 0.721. The molecule has 0 heterocycles. The summed E-state index contributed by atoms with van der Waals surface area (Å²) in [5.41, 5.74) is 2.43. The van der Waals surface area contributed by atoms with Crippen LogP contribution in [-0.4, -0.2) is 24.2 Å². The third kappa shape index (κ3) is 6.30. The molecule has 3 nitrogen and oxygen atoms in total. The van der Waals surface area contributed by atoms with Crippen LogP contribution in [0, 0.1) is 12.3 Å². The number of nitrogens with one attached hydrogen (secondary N) is 1. The van der Waals surface area contributed by atoms with Crippen molar-refractivity contribution in [2.75, 3.05) is 13.2 Å². The SMILES string of the molecule is Cc1ccccc1C(C)CC(=O)NCCCC(C)(C)CO. The first-order valence-electron chi connectivity index (χ1n) is 7.79.